The predicted octanol–water partition coefficient (Wildman–Crippen LogP) is 2.71. The van der Waals surface area contributed by atoms with Crippen LogP contribution in [0.1, 0.15) is 22.5 Å². The lowest BCUT2D eigenvalue weighted by Crippen LogP contribution is -2.48. The molecule has 1 aliphatic heterocycles. The molecule has 31 heavy (non-hydrogen) atoms. The van der Waals surface area contributed by atoms with Gasteiger partial charge in [0.2, 0.25) is 5.88 Å². The molecular formula is C18H16F5N5O3. The van der Waals surface area contributed by atoms with E-state index in [1.807, 2.05) is 0 Å². The van der Waals surface area contributed by atoms with Gasteiger partial charge in [-0.25, -0.2) is 23.7 Å². The number of alkyl halides is 4. The first kappa shape index (κ1) is 22.2. The number of nitrogens with two attached hydrogens (primary N) is 1. The highest BCUT2D eigenvalue weighted by Crippen LogP contribution is 2.42. The second kappa shape index (κ2) is 8.32. The van der Waals surface area contributed by atoms with E-state index in [0.29, 0.717) is 0 Å². The van der Waals surface area contributed by atoms with Crippen LogP contribution in [0.25, 0.3) is 0 Å². The third-order valence-electron chi connectivity index (χ3n) is 4.48. The molecule has 3 N–H and O–H groups in total. The molecule has 13 heteroatoms. The van der Waals surface area contributed by atoms with Crippen LogP contribution in [0.2, 0.25) is 0 Å². The molecule has 0 saturated carbocycles. The first-order chi connectivity index (χ1) is 14.6. The molecule has 1 aromatic heterocycles. The molecule has 3 rings (SSSR count). The van der Waals surface area contributed by atoms with Crippen molar-refractivity contribution in [2.75, 3.05) is 19.1 Å². The Balaban J connectivity index is 1.92. The van der Waals surface area contributed by atoms with Crippen LogP contribution < -0.4 is 15.8 Å². The normalized spacial score (nSPS) is 21.1. The van der Waals surface area contributed by atoms with Gasteiger partial charge >= 0.3 is 6.18 Å². The number of nitrogens with zero attached hydrogens (tertiary/aromatic N) is 3. The summed E-state index contributed by atoms with van der Waals surface area (Å²) in [7, 11) is 1.36. The van der Waals surface area contributed by atoms with Crippen LogP contribution in [0.15, 0.2) is 35.6 Å². The molecule has 8 nitrogen and oxygen atoms in total. The van der Waals surface area contributed by atoms with Crippen molar-refractivity contribution >= 4 is 17.6 Å². The molecule has 0 bridgehead atoms. The molecule has 2 aromatic rings. The van der Waals surface area contributed by atoms with Crippen molar-refractivity contribution in [2.24, 2.45) is 10.7 Å². The van der Waals surface area contributed by atoms with Crippen molar-refractivity contribution in [1.82, 2.24) is 9.97 Å². The minimum Gasteiger partial charge on any atom is -0.480 e. The van der Waals surface area contributed by atoms with Crippen molar-refractivity contribution in [3.63, 3.8) is 0 Å². The molecule has 0 radical (unpaired) electrons. The average Bonchev–Trinajstić information content (AvgIpc) is 2.74. The first-order valence-corrected chi connectivity index (χ1v) is 8.70. The molecule has 1 aliphatic rings. The van der Waals surface area contributed by atoms with E-state index >= 15 is 0 Å². The van der Waals surface area contributed by atoms with E-state index in [-0.39, 0.29) is 17.3 Å². The van der Waals surface area contributed by atoms with Gasteiger partial charge in [0.25, 0.3) is 11.9 Å². The maximum Gasteiger partial charge on any atom is 0.411 e. The number of amidine groups is 1. The fraction of sp³-hybridized carbons (Fsp3) is 0.333. The van der Waals surface area contributed by atoms with Gasteiger partial charge in [-0.05, 0) is 18.2 Å². The average molecular weight is 445 g/mol. The minimum absolute atomic E-state index is 0.0416. The highest BCUT2D eigenvalue weighted by atomic mass is 19.4. The second-order valence-electron chi connectivity index (χ2n) is 6.55. The van der Waals surface area contributed by atoms with Gasteiger partial charge in [-0.2, -0.15) is 13.2 Å². The molecule has 0 spiro atoms. The number of hydrogen-bond donors (Lipinski definition) is 2. The lowest BCUT2D eigenvalue weighted by Gasteiger charge is -2.38. The Morgan fingerprint density at radius 1 is 1.35 bits per heavy atom. The molecule has 0 unspecified atom stereocenters. The summed E-state index contributed by atoms with van der Waals surface area (Å²) in [4.78, 5) is 23.1. The van der Waals surface area contributed by atoms with Crippen molar-refractivity contribution in [2.45, 2.75) is 24.2 Å². The summed E-state index contributed by atoms with van der Waals surface area (Å²) >= 11 is 0. The Labute approximate surface area is 172 Å². The van der Waals surface area contributed by atoms with Gasteiger partial charge in [-0.3, -0.25) is 4.79 Å². The second-order valence-corrected chi connectivity index (χ2v) is 6.55. The summed E-state index contributed by atoms with van der Waals surface area (Å²) in [5.41, 5.74) is 2.23. The summed E-state index contributed by atoms with van der Waals surface area (Å²) in [6.07, 6.45) is -3.56. The lowest BCUT2D eigenvalue weighted by atomic mass is 9.86. The number of hydrogen-bond acceptors (Lipinski definition) is 7. The Kier molecular flexibility index (Phi) is 5.95. The smallest absolute Gasteiger partial charge is 0.411 e. The summed E-state index contributed by atoms with van der Waals surface area (Å²) in [5.74, 6) is -1.63. The molecule has 166 valence electrons. The van der Waals surface area contributed by atoms with E-state index in [1.165, 1.54) is 13.3 Å². The quantitative estimate of drug-likeness (QED) is 0.685. The predicted molar refractivity (Wildman–Crippen MR) is 97.8 cm³/mol. The zero-order valence-electron chi connectivity index (χ0n) is 15.9. The maximum atomic E-state index is 14.5. The number of carbonyl (C=O) groups excluding carboxylic acids is 1. The van der Waals surface area contributed by atoms with Gasteiger partial charge in [-0.1, -0.05) is 0 Å². The van der Waals surface area contributed by atoms with Gasteiger partial charge in [0, 0.05) is 17.7 Å². The van der Waals surface area contributed by atoms with Gasteiger partial charge in [0.05, 0.1) is 19.5 Å². The zero-order valence-corrected chi connectivity index (χ0v) is 15.9. The maximum absolute atomic E-state index is 14.5. The number of aliphatic imine (C=N–C) groups is 1. The summed E-state index contributed by atoms with van der Waals surface area (Å²) in [5, 5.41) is 2.39. The number of anilines is 1. The van der Waals surface area contributed by atoms with Crippen LogP contribution >= 0.6 is 0 Å². The van der Waals surface area contributed by atoms with Gasteiger partial charge < -0.3 is 20.5 Å². The molecule has 0 saturated heterocycles. The molecule has 1 aromatic carbocycles. The van der Waals surface area contributed by atoms with Crippen LogP contribution in [0.3, 0.4) is 0 Å². The number of aromatic nitrogens is 2. The fourth-order valence-corrected chi connectivity index (χ4v) is 2.97. The Morgan fingerprint density at radius 3 is 2.68 bits per heavy atom. The van der Waals surface area contributed by atoms with E-state index in [4.69, 9.17) is 15.2 Å². The number of ether oxygens (including phenoxy) is 2. The summed E-state index contributed by atoms with van der Waals surface area (Å²) < 4.78 is 78.0. The number of benzene rings is 1. The number of nitrogens with one attached hydrogen (secondary N) is 1. The highest BCUT2D eigenvalue weighted by molar-refractivity contribution is 6.02. The van der Waals surface area contributed by atoms with E-state index in [2.05, 4.69) is 20.3 Å². The minimum atomic E-state index is -4.84. The van der Waals surface area contributed by atoms with E-state index in [1.54, 1.807) is 0 Å². The van der Waals surface area contributed by atoms with Crippen LogP contribution in [0, 0.1) is 5.82 Å². The van der Waals surface area contributed by atoms with Crippen LogP contribution in [0.4, 0.5) is 27.6 Å². The molecular weight excluding hydrogens is 429 g/mol. The van der Waals surface area contributed by atoms with Crippen molar-refractivity contribution in [1.29, 1.82) is 0 Å². The lowest BCUT2D eigenvalue weighted by molar-refractivity contribution is -0.167. The van der Waals surface area contributed by atoms with Gasteiger partial charge in [0.1, 0.15) is 18.2 Å². The monoisotopic (exact) mass is 445 g/mol. The highest BCUT2D eigenvalue weighted by Gasteiger charge is 2.52. The van der Waals surface area contributed by atoms with Crippen molar-refractivity contribution in [3.05, 3.63) is 47.7 Å². The van der Waals surface area contributed by atoms with Gasteiger partial charge in [-0.15, -0.1) is 0 Å². The molecule has 0 aliphatic carbocycles. The third-order valence-corrected chi connectivity index (χ3v) is 4.48. The Morgan fingerprint density at radius 2 is 2.10 bits per heavy atom. The van der Waals surface area contributed by atoms with E-state index < -0.39 is 54.2 Å². The Bertz CT molecular complexity index is 999. The Hall–Kier alpha value is -3.51. The fourth-order valence-electron chi connectivity index (χ4n) is 2.97. The summed E-state index contributed by atoms with van der Waals surface area (Å²) in [6, 6.07) is -0.342. The van der Waals surface area contributed by atoms with Gasteiger partial charge in [0.15, 0.2) is 11.6 Å². The number of methoxy groups -OCH3 is 1. The number of rotatable bonds is 5. The van der Waals surface area contributed by atoms with Crippen LogP contribution in [0.5, 0.6) is 5.88 Å². The van der Waals surface area contributed by atoms with Crippen molar-refractivity contribution < 1.29 is 36.2 Å². The van der Waals surface area contributed by atoms with Crippen molar-refractivity contribution in [3.8, 4) is 5.88 Å². The number of carbonyl (C=O) groups is 1. The molecule has 2 atom stereocenters. The molecule has 1 amide bonds. The van der Waals surface area contributed by atoms with Crippen LogP contribution in [-0.2, 0) is 10.3 Å². The molecule has 0 fully saturated rings. The SMILES string of the molecule is COc1cnc(C(=O)Nc2ccc(F)c([C@@]3(CF)C[C@@H](C(F)(F)F)N=C(N)O3)c2)cn1. The van der Waals surface area contributed by atoms with Crippen LogP contribution in [-0.4, -0.2) is 47.9 Å². The third kappa shape index (κ3) is 4.64. The molecule has 2 heterocycles. The van der Waals surface area contributed by atoms with E-state index in [0.717, 1.165) is 24.4 Å². The number of amides is 1. The number of halogens is 5. The standard InChI is InChI=1S/C18H16F5N5O3/c1-30-14-7-25-12(6-26-14)15(29)27-9-2-3-11(20)10(4-9)17(8-19)5-13(18(21,22)23)28-16(24)31-17/h2-4,6-7,13H,5,8H2,1H3,(H2,24,28)(H,27,29)/t13-,17-/m0/s1. The first-order valence-electron chi connectivity index (χ1n) is 8.70. The summed E-state index contributed by atoms with van der Waals surface area (Å²) in [6.45, 7) is -1.52. The topological polar surface area (TPSA) is 112 Å². The van der Waals surface area contributed by atoms with E-state index in [9.17, 15) is 26.7 Å². The largest absolute Gasteiger partial charge is 0.480 e. The zero-order chi connectivity index (χ0) is 22.8.